The molecule has 1 aliphatic carbocycles. The van der Waals surface area contributed by atoms with Gasteiger partial charge in [-0.25, -0.2) is 0 Å². The first kappa shape index (κ1) is 19.2. The fourth-order valence-electron chi connectivity index (χ4n) is 3.85. The van der Waals surface area contributed by atoms with Crippen LogP contribution in [-0.2, 0) is 14.3 Å². The Kier molecular flexibility index (Phi) is 7.49. The van der Waals surface area contributed by atoms with Crippen molar-refractivity contribution in [3.63, 3.8) is 0 Å². The first-order valence-corrected chi connectivity index (χ1v) is 9.38. The Hall–Kier alpha value is -1.14. The summed E-state index contributed by atoms with van der Waals surface area (Å²) in [5, 5.41) is 3.18. The summed E-state index contributed by atoms with van der Waals surface area (Å²) in [5.74, 6) is 0.668. The molecule has 0 bridgehead atoms. The first-order valence-electron chi connectivity index (χ1n) is 9.38. The molecule has 6 nitrogen and oxygen atoms in total. The zero-order valence-corrected chi connectivity index (χ0v) is 15.4. The largest absolute Gasteiger partial charge is 0.375 e. The molecule has 0 radical (unpaired) electrons. The van der Waals surface area contributed by atoms with Crippen molar-refractivity contribution < 1.29 is 14.3 Å². The van der Waals surface area contributed by atoms with Gasteiger partial charge in [-0.15, -0.1) is 0 Å². The summed E-state index contributed by atoms with van der Waals surface area (Å²) in [6.45, 7) is 7.19. The third-order valence-corrected chi connectivity index (χ3v) is 5.44. The van der Waals surface area contributed by atoms with Crippen molar-refractivity contribution in [1.82, 2.24) is 15.1 Å². The van der Waals surface area contributed by atoms with E-state index in [4.69, 9.17) is 4.74 Å². The predicted molar refractivity (Wildman–Crippen MR) is 93.7 cm³/mol. The van der Waals surface area contributed by atoms with Crippen LogP contribution in [0, 0.1) is 5.92 Å². The van der Waals surface area contributed by atoms with Crippen LogP contribution in [0.4, 0.5) is 0 Å². The van der Waals surface area contributed by atoms with Gasteiger partial charge in [0.05, 0.1) is 6.04 Å². The molecule has 1 saturated carbocycles. The molecule has 0 aromatic carbocycles. The van der Waals surface area contributed by atoms with Gasteiger partial charge in [0, 0.05) is 39.3 Å². The Balaban J connectivity index is 1.97. The molecule has 0 aromatic rings. The third kappa shape index (κ3) is 4.93. The molecule has 6 heteroatoms. The van der Waals surface area contributed by atoms with E-state index in [1.165, 1.54) is 12.8 Å². The third-order valence-electron chi connectivity index (χ3n) is 5.44. The van der Waals surface area contributed by atoms with Crippen LogP contribution >= 0.6 is 0 Å². The van der Waals surface area contributed by atoms with Gasteiger partial charge in [0.2, 0.25) is 11.8 Å². The Morgan fingerprint density at radius 1 is 1.17 bits per heavy atom. The lowest BCUT2D eigenvalue weighted by molar-refractivity contribution is -0.138. The molecule has 2 rings (SSSR count). The van der Waals surface area contributed by atoms with Gasteiger partial charge in [-0.05, 0) is 32.1 Å². The highest BCUT2D eigenvalue weighted by atomic mass is 16.5. The van der Waals surface area contributed by atoms with E-state index in [0.29, 0.717) is 19.0 Å². The van der Waals surface area contributed by atoms with Crippen LogP contribution in [0.1, 0.15) is 46.0 Å². The molecule has 138 valence electrons. The van der Waals surface area contributed by atoms with E-state index in [1.54, 1.807) is 7.11 Å². The van der Waals surface area contributed by atoms with Crippen molar-refractivity contribution in [2.24, 2.45) is 5.92 Å². The number of nitrogens with zero attached hydrogens (tertiary/aromatic N) is 2. The average molecular weight is 339 g/mol. The van der Waals surface area contributed by atoms with Gasteiger partial charge < -0.3 is 15.0 Å². The van der Waals surface area contributed by atoms with E-state index in [9.17, 15) is 9.59 Å². The van der Waals surface area contributed by atoms with Crippen LogP contribution in [0.25, 0.3) is 0 Å². The summed E-state index contributed by atoms with van der Waals surface area (Å²) >= 11 is 0. The van der Waals surface area contributed by atoms with E-state index in [1.807, 2.05) is 4.90 Å². The highest BCUT2D eigenvalue weighted by Gasteiger charge is 2.37. The van der Waals surface area contributed by atoms with Gasteiger partial charge >= 0.3 is 0 Å². The van der Waals surface area contributed by atoms with Crippen LogP contribution in [0.2, 0.25) is 0 Å². The number of amides is 2. The van der Waals surface area contributed by atoms with E-state index < -0.39 is 0 Å². The van der Waals surface area contributed by atoms with Crippen molar-refractivity contribution in [3.05, 3.63) is 0 Å². The Labute approximate surface area is 145 Å². The maximum absolute atomic E-state index is 12.9. The van der Waals surface area contributed by atoms with E-state index >= 15 is 0 Å². The van der Waals surface area contributed by atoms with Gasteiger partial charge in [0.1, 0.15) is 6.61 Å². The number of hydrogen-bond acceptors (Lipinski definition) is 4. The number of carbonyl (C=O) groups excluding carboxylic acids is 2. The number of carbonyl (C=O) groups is 2. The van der Waals surface area contributed by atoms with E-state index in [2.05, 4.69) is 24.1 Å². The molecule has 2 aliphatic rings. The van der Waals surface area contributed by atoms with Crippen molar-refractivity contribution in [2.45, 2.75) is 58.0 Å². The van der Waals surface area contributed by atoms with Crippen molar-refractivity contribution in [3.8, 4) is 0 Å². The van der Waals surface area contributed by atoms with Crippen LogP contribution in [-0.4, -0.2) is 73.6 Å². The van der Waals surface area contributed by atoms with Crippen LogP contribution in [0.3, 0.4) is 0 Å². The van der Waals surface area contributed by atoms with Gasteiger partial charge in [-0.2, -0.15) is 0 Å². The van der Waals surface area contributed by atoms with Crippen LogP contribution < -0.4 is 5.32 Å². The quantitative estimate of drug-likeness (QED) is 0.758. The molecule has 2 atom stereocenters. The second-order valence-electron chi connectivity index (χ2n) is 7.16. The highest BCUT2D eigenvalue weighted by molar-refractivity contribution is 5.82. The molecular formula is C18H33N3O3. The Morgan fingerprint density at radius 2 is 1.79 bits per heavy atom. The zero-order chi connectivity index (χ0) is 17.5. The molecular weight excluding hydrogens is 306 g/mol. The zero-order valence-electron chi connectivity index (χ0n) is 15.4. The summed E-state index contributed by atoms with van der Waals surface area (Å²) in [5.41, 5.74) is 0. The van der Waals surface area contributed by atoms with Crippen molar-refractivity contribution in [1.29, 1.82) is 0 Å². The van der Waals surface area contributed by atoms with Crippen molar-refractivity contribution in [2.75, 3.05) is 39.9 Å². The first-order chi connectivity index (χ1) is 11.6. The number of nitrogens with one attached hydrogen (secondary N) is 1. The van der Waals surface area contributed by atoms with Crippen molar-refractivity contribution >= 4 is 11.8 Å². The number of methoxy groups -OCH3 is 1. The number of hydrogen-bond donors (Lipinski definition) is 1. The second kappa shape index (κ2) is 9.37. The monoisotopic (exact) mass is 339 g/mol. The number of ether oxygens (including phenoxy) is 1. The lowest BCUT2D eigenvalue weighted by Crippen LogP contribution is -2.59. The average Bonchev–Trinajstić information content (AvgIpc) is 3.09. The fourth-order valence-corrected chi connectivity index (χ4v) is 3.85. The highest BCUT2D eigenvalue weighted by Crippen LogP contribution is 2.31. The minimum atomic E-state index is -0.0406. The lowest BCUT2D eigenvalue weighted by atomic mass is 9.94. The molecule has 1 aliphatic heterocycles. The van der Waals surface area contributed by atoms with Crippen LogP contribution in [0.5, 0.6) is 0 Å². The lowest BCUT2D eigenvalue weighted by Gasteiger charge is -2.41. The van der Waals surface area contributed by atoms with Gasteiger partial charge in [0.15, 0.2) is 0 Å². The predicted octanol–water partition coefficient (Wildman–Crippen LogP) is 1.25. The second-order valence-corrected chi connectivity index (χ2v) is 7.16. The maximum Gasteiger partial charge on any atom is 0.248 e. The molecule has 1 saturated heterocycles. The molecule has 1 N–H and O–H groups in total. The maximum atomic E-state index is 12.9. The minimum Gasteiger partial charge on any atom is -0.375 e. The summed E-state index contributed by atoms with van der Waals surface area (Å²) in [6, 6.07) is 0.173. The summed E-state index contributed by atoms with van der Waals surface area (Å²) < 4.78 is 4.94. The van der Waals surface area contributed by atoms with Crippen LogP contribution in [0.15, 0.2) is 0 Å². The summed E-state index contributed by atoms with van der Waals surface area (Å²) in [4.78, 5) is 29.0. The van der Waals surface area contributed by atoms with Gasteiger partial charge in [0.25, 0.3) is 0 Å². The molecule has 2 unspecified atom stereocenters. The number of rotatable bonds is 7. The molecule has 2 fully saturated rings. The summed E-state index contributed by atoms with van der Waals surface area (Å²) in [7, 11) is 1.55. The molecule has 0 spiro atoms. The van der Waals surface area contributed by atoms with Gasteiger partial charge in [-0.1, -0.05) is 19.8 Å². The Morgan fingerprint density at radius 3 is 2.33 bits per heavy atom. The topological polar surface area (TPSA) is 61.9 Å². The molecule has 1 heterocycles. The van der Waals surface area contributed by atoms with Gasteiger partial charge in [-0.3, -0.25) is 14.5 Å². The van der Waals surface area contributed by atoms with E-state index in [0.717, 1.165) is 32.4 Å². The standard InChI is InChI=1S/C18H33N3O3/c1-4-14(2)19-18(23)17(15-7-5-6-8-15)21-11-9-20(10-12-21)16(22)13-24-3/h14-15,17H,4-13H2,1-3H3,(H,19,23). The molecule has 0 aromatic heterocycles. The molecule has 24 heavy (non-hydrogen) atoms. The SMILES string of the molecule is CCC(C)NC(=O)C(C1CCCC1)N1CCN(C(=O)COC)CC1. The number of piperazine rings is 1. The smallest absolute Gasteiger partial charge is 0.248 e. The fraction of sp³-hybridized carbons (Fsp3) is 0.889. The normalized spacial score (nSPS) is 22.4. The summed E-state index contributed by atoms with van der Waals surface area (Å²) in [6.07, 6.45) is 5.68. The Bertz CT molecular complexity index is 416. The molecule has 2 amide bonds. The minimum absolute atomic E-state index is 0.0404. The van der Waals surface area contributed by atoms with E-state index in [-0.39, 0.29) is 30.5 Å².